The number of nitro groups is 1. The van der Waals surface area contributed by atoms with E-state index in [1.165, 1.54) is 0 Å². The van der Waals surface area contributed by atoms with Crippen molar-refractivity contribution in [3.8, 4) is 0 Å². The van der Waals surface area contributed by atoms with E-state index < -0.39 is 15.0 Å². The zero-order chi connectivity index (χ0) is 11.5. The molecule has 0 heterocycles. The van der Waals surface area contributed by atoms with E-state index in [0.717, 1.165) is 24.3 Å². The molecule has 0 amide bonds. The molecule has 0 aromatic heterocycles. The summed E-state index contributed by atoms with van der Waals surface area (Å²) in [6.45, 7) is 1.57. The van der Waals surface area contributed by atoms with Gasteiger partial charge in [0.05, 0.1) is 16.4 Å². The summed E-state index contributed by atoms with van der Waals surface area (Å²) in [5, 5.41) is 10.3. The van der Waals surface area contributed by atoms with Crippen LogP contribution in [0.2, 0.25) is 0 Å². The summed E-state index contributed by atoms with van der Waals surface area (Å²) in [5.41, 5.74) is -0.162. The highest BCUT2D eigenvalue weighted by Gasteiger charge is 2.15. The third-order valence-electron chi connectivity index (χ3n) is 1.61. The number of rotatable bonds is 4. The highest BCUT2D eigenvalue weighted by molar-refractivity contribution is 7.86. The number of nitro benzene ring substituents is 1. The fourth-order valence-corrected chi connectivity index (χ4v) is 1.87. The first-order chi connectivity index (χ1) is 6.97. The summed E-state index contributed by atoms with van der Waals surface area (Å²) in [6, 6.07) is 4.52. The van der Waals surface area contributed by atoms with Gasteiger partial charge in [0.15, 0.2) is 0 Å². The zero-order valence-corrected chi connectivity index (χ0v) is 8.73. The van der Waals surface area contributed by atoms with Crippen molar-refractivity contribution in [2.75, 3.05) is 6.61 Å². The molecule has 0 spiro atoms. The molecule has 0 saturated carbocycles. The van der Waals surface area contributed by atoms with E-state index in [2.05, 4.69) is 4.18 Å². The standard InChI is InChI=1S/C8H9NO5S/c1-2-14-15(12,13)8-5-3-7(4-6-8)9(10)11/h3-6H,2H2,1H3. The van der Waals surface area contributed by atoms with Crippen LogP contribution in [-0.4, -0.2) is 19.9 Å². The molecular formula is C8H9NO5S. The molecule has 15 heavy (non-hydrogen) atoms. The largest absolute Gasteiger partial charge is 0.296 e. The molecule has 0 aliphatic heterocycles. The Morgan fingerprint density at radius 2 is 1.87 bits per heavy atom. The molecule has 7 heteroatoms. The number of hydrogen-bond donors (Lipinski definition) is 0. The average molecular weight is 231 g/mol. The highest BCUT2D eigenvalue weighted by atomic mass is 32.2. The lowest BCUT2D eigenvalue weighted by molar-refractivity contribution is -0.384. The Labute approximate surface area is 86.8 Å². The van der Waals surface area contributed by atoms with E-state index in [1.54, 1.807) is 6.92 Å². The first kappa shape index (κ1) is 11.6. The molecule has 82 valence electrons. The number of non-ortho nitro benzene ring substituents is 1. The first-order valence-electron chi connectivity index (χ1n) is 4.11. The molecule has 0 aliphatic carbocycles. The van der Waals surface area contributed by atoms with Gasteiger partial charge in [0.25, 0.3) is 15.8 Å². The van der Waals surface area contributed by atoms with Gasteiger partial charge in [-0.25, -0.2) is 0 Å². The molecule has 0 saturated heterocycles. The summed E-state index contributed by atoms with van der Waals surface area (Å²) >= 11 is 0. The summed E-state index contributed by atoms with van der Waals surface area (Å²) in [7, 11) is -3.78. The van der Waals surface area contributed by atoms with Crippen LogP contribution in [0, 0.1) is 10.1 Å². The molecule has 0 aliphatic rings. The molecule has 0 fully saturated rings. The van der Waals surface area contributed by atoms with Gasteiger partial charge in [-0.1, -0.05) is 0 Å². The van der Waals surface area contributed by atoms with Gasteiger partial charge in [0.1, 0.15) is 0 Å². The Kier molecular flexibility index (Phi) is 3.38. The molecule has 0 atom stereocenters. The maximum atomic E-state index is 11.3. The van der Waals surface area contributed by atoms with Crippen LogP contribution in [0.4, 0.5) is 5.69 Å². The molecule has 1 aromatic rings. The molecular weight excluding hydrogens is 222 g/mol. The topological polar surface area (TPSA) is 86.5 Å². The Morgan fingerprint density at radius 3 is 2.27 bits per heavy atom. The second kappa shape index (κ2) is 4.37. The minimum atomic E-state index is -3.78. The third-order valence-corrected chi connectivity index (χ3v) is 3.00. The van der Waals surface area contributed by atoms with E-state index >= 15 is 0 Å². The first-order valence-corrected chi connectivity index (χ1v) is 5.52. The summed E-state index contributed by atoms with van der Waals surface area (Å²) in [6.07, 6.45) is 0. The van der Waals surface area contributed by atoms with Crippen LogP contribution in [0.15, 0.2) is 29.2 Å². The molecule has 1 rings (SSSR count). The van der Waals surface area contributed by atoms with Crippen molar-refractivity contribution in [3.63, 3.8) is 0 Å². The Balaban J connectivity index is 3.04. The lowest BCUT2D eigenvalue weighted by atomic mass is 10.3. The van der Waals surface area contributed by atoms with Gasteiger partial charge in [0.2, 0.25) is 0 Å². The zero-order valence-electron chi connectivity index (χ0n) is 7.91. The van der Waals surface area contributed by atoms with Crippen molar-refractivity contribution in [3.05, 3.63) is 34.4 Å². The van der Waals surface area contributed by atoms with E-state index in [4.69, 9.17) is 0 Å². The predicted molar refractivity (Wildman–Crippen MR) is 51.9 cm³/mol. The lowest BCUT2D eigenvalue weighted by Crippen LogP contribution is -2.05. The van der Waals surface area contributed by atoms with Crippen molar-refractivity contribution in [2.45, 2.75) is 11.8 Å². The molecule has 6 nitrogen and oxygen atoms in total. The fraction of sp³-hybridized carbons (Fsp3) is 0.250. The van der Waals surface area contributed by atoms with E-state index in [1.807, 2.05) is 0 Å². The van der Waals surface area contributed by atoms with Crippen LogP contribution in [0.25, 0.3) is 0 Å². The van der Waals surface area contributed by atoms with Crippen molar-refractivity contribution in [1.82, 2.24) is 0 Å². The summed E-state index contributed by atoms with van der Waals surface area (Å²) in [5.74, 6) is 0. The van der Waals surface area contributed by atoms with E-state index in [-0.39, 0.29) is 17.2 Å². The molecule has 0 unspecified atom stereocenters. The van der Waals surface area contributed by atoms with Gasteiger partial charge in [-0.15, -0.1) is 0 Å². The molecule has 0 N–H and O–H groups in total. The van der Waals surface area contributed by atoms with Gasteiger partial charge < -0.3 is 0 Å². The van der Waals surface area contributed by atoms with Gasteiger partial charge in [-0.3, -0.25) is 14.3 Å². The molecule has 0 bridgehead atoms. The Bertz CT molecular complexity index is 450. The van der Waals surface area contributed by atoms with E-state index in [9.17, 15) is 18.5 Å². The van der Waals surface area contributed by atoms with Crippen LogP contribution >= 0.6 is 0 Å². The van der Waals surface area contributed by atoms with Crippen LogP contribution in [0.5, 0.6) is 0 Å². The number of hydrogen-bond acceptors (Lipinski definition) is 5. The smallest absolute Gasteiger partial charge is 0.267 e. The van der Waals surface area contributed by atoms with Gasteiger partial charge in [0, 0.05) is 12.1 Å². The summed E-state index contributed by atoms with van der Waals surface area (Å²) < 4.78 is 27.2. The maximum absolute atomic E-state index is 11.3. The Hall–Kier alpha value is -1.47. The van der Waals surface area contributed by atoms with Crippen LogP contribution in [0.3, 0.4) is 0 Å². The summed E-state index contributed by atoms with van der Waals surface area (Å²) in [4.78, 5) is 9.62. The van der Waals surface area contributed by atoms with Crippen molar-refractivity contribution >= 4 is 15.8 Å². The maximum Gasteiger partial charge on any atom is 0.296 e. The SMILES string of the molecule is CCOS(=O)(=O)c1ccc([N+](=O)[O-])cc1. The highest BCUT2D eigenvalue weighted by Crippen LogP contribution is 2.17. The Morgan fingerprint density at radius 1 is 1.33 bits per heavy atom. The average Bonchev–Trinajstić information content (AvgIpc) is 2.18. The predicted octanol–water partition coefficient (Wildman–Crippen LogP) is 1.32. The van der Waals surface area contributed by atoms with Crippen molar-refractivity contribution in [1.29, 1.82) is 0 Å². The monoisotopic (exact) mass is 231 g/mol. The lowest BCUT2D eigenvalue weighted by Gasteiger charge is -2.02. The quantitative estimate of drug-likeness (QED) is 0.443. The minimum absolute atomic E-state index is 0.0271. The number of nitrogens with zero attached hydrogens (tertiary/aromatic N) is 1. The minimum Gasteiger partial charge on any atom is -0.267 e. The molecule has 0 radical (unpaired) electrons. The van der Waals surface area contributed by atoms with Crippen molar-refractivity contribution < 1.29 is 17.5 Å². The second-order valence-electron chi connectivity index (χ2n) is 2.61. The van der Waals surface area contributed by atoms with E-state index in [0.29, 0.717) is 0 Å². The van der Waals surface area contributed by atoms with Gasteiger partial charge in [-0.2, -0.15) is 8.42 Å². The number of benzene rings is 1. The second-order valence-corrected chi connectivity index (χ2v) is 4.23. The van der Waals surface area contributed by atoms with Crippen molar-refractivity contribution in [2.24, 2.45) is 0 Å². The van der Waals surface area contributed by atoms with Gasteiger partial charge >= 0.3 is 0 Å². The van der Waals surface area contributed by atoms with Crippen LogP contribution in [-0.2, 0) is 14.3 Å². The van der Waals surface area contributed by atoms with Gasteiger partial charge in [-0.05, 0) is 19.1 Å². The van der Waals surface area contributed by atoms with Crippen LogP contribution in [0.1, 0.15) is 6.92 Å². The van der Waals surface area contributed by atoms with Crippen LogP contribution < -0.4 is 0 Å². The molecule has 1 aromatic carbocycles. The normalized spacial score (nSPS) is 11.3. The third kappa shape index (κ3) is 2.74. The fourth-order valence-electron chi connectivity index (χ4n) is 0.958.